The van der Waals surface area contributed by atoms with Gasteiger partial charge in [0.25, 0.3) is 0 Å². The predicted molar refractivity (Wildman–Crippen MR) is 55.6 cm³/mol. The first-order valence-electron chi connectivity index (χ1n) is 5.07. The Balaban J connectivity index is 2.15. The van der Waals surface area contributed by atoms with E-state index in [2.05, 4.69) is 6.92 Å². The van der Waals surface area contributed by atoms with Gasteiger partial charge in [-0.15, -0.1) is 0 Å². The minimum Gasteiger partial charge on any atom is -0.396 e. The van der Waals surface area contributed by atoms with Crippen molar-refractivity contribution in [3.05, 3.63) is 0 Å². The van der Waals surface area contributed by atoms with Gasteiger partial charge in [0.1, 0.15) is 0 Å². The lowest BCUT2D eigenvalue weighted by Crippen LogP contribution is -2.17. The molecule has 1 fully saturated rings. The normalized spacial score (nSPS) is 22.5. The van der Waals surface area contributed by atoms with Crippen LogP contribution in [0.3, 0.4) is 0 Å². The van der Waals surface area contributed by atoms with Gasteiger partial charge < -0.3 is 5.11 Å². The molecule has 0 aromatic heterocycles. The highest BCUT2D eigenvalue weighted by Gasteiger charge is 2.19. The fourth-order valence-corrected chi connectivity index (χ4v) is 3.00. The van der Waals surface area contributed by atoms with E-state index >= 15 is 0 Å². The topological polar surface area (TPSA) is 20.2 Å². The first-order valence-corrected chi connectivity index (χ1v) is 6.12. The Hall–Kier alpha value is 0.310. The second-order valence-electron chi connectivity index (χ2n) is 3.70. The van der Waals surface area contributed by atoms with Gasteiger partial charge in [-0.25, -0.2) is 0 Å². The van der Waals surface area contributed by atoms with Crippen LogP contribution < -0.4 is 0 Å². The van der Waals surface area contributed by atoms with Gasteiger partial charge in [0, 0.05) is 11.0 Å². The summed E-state index contributed by atoms with van der Waals surface area (Å²) in [5.41, 5.74) is 0. The standard InChI is InChI=1S/C10H20OS/c1-9(12-8-7-11)10-5-3-2-4-6-10/h9-11H,2-8H2,1H3. The Morgan fingerprint density at radius 2 is 2.00 bits per heavy atom. The minimum atomic E-state index is 0.335. The minimum absolute atomic E-state index is 0.335. The number of hydrogen-bond donors (Lipinski definition) is 1. The summed E-state index contributed by atoms with van der Waals surface area (Å²) < 4.78 is 0. The van der Waals surface area contributed by atoms with Gasteiger partial charge in [0.2, 0.25) is 0 Å². The Morgan fingerprint density at radius 3 is 2.58 bits per heavy atom. The summed E-state index contributed by atoms with van der Waals surface area (Å²) in [6, 6.07) is 0. The molecule has 1 rings (SSSR count). The smallest absolute Gasteiger partial charge is 0.0521 e. The second kappa shape index (κ2) is 5.87. The van der Waals surface area contributed by atoms with Gasteiger partial charge in [-0.1, -0.05) is 26.2 Å². The number of thioether (sulfide) groups is 1. The number of aliphatic hydroxyl groups excluding tert-OH is 1. The molecule has 12 heavy (non-hydrogen) atoms. The van der Waals surface area contributed by atoms with Crippen molar-refractivity contribution in [2.45, 2.75) is 44.3 Å². The van der Waals surface area contributed by atoms with Gasteiger partial charge in [0.05, 0.1) is 6.61 Å². The molecular weight excluding hydrogens is 168 g/mol. The molecule has 0 amide bonds. The van der Waals surface area contributed by atoms with E-state index in [0.717, 1.165) is 16.9 Å². The van der Waals surface area contributed by atoms with Crippen LogP contribution in [0.4, 0.5) is 0 Å². The average Bonchev–Trinajstić information content (AvgIpc) is 2.15. The van der Waals surface area contributed by atoms with Gasteiger partial charge in [-0.05, 0) is 18.8 Å². The third-order valence-corrected chi connectivity index (χ3v) is 4.11. The van der Waals surface area contributed by atoms with Gasteiger partial charge in [-0.3, -0.25) is 0 Å². The third-order valence-electron chi connectivity index (χ3n) is 2.79. The lowest BCUT2D eigenvalue weighted by atomic mass is 9.87. The average molecular weight is 188 g/mol. The SMILES string of the molecule is CC(SCCO)C1CCCCC1. The zero-order valence-electron chi connectivity index (χ0n) is 7.96. The van der Waals surface area contributed by atoms with E-state index in [1.807, 2.05) is 11.8 Å². The van der Waals surface area contributed by atoms with E-state index in [-0.39, 0.29) is 0 Å². The highest BCUT2D eigenvalue weighted by atomic mass is 32.2. The third kappa shape index (κ3) is 3.36. The zero-order chi connectivity index (χ0) is 8.81. The maximum absolute atomic E-state index is 8.69. The van der Waals surface area contributed by atoms with Crippen LogP contribution in [0.1, 0.15) is 39.0 Å². The lowest BCUT2D eigenvalue weighted by Gasteiger charge is -2.26. The molecule has 0 saturated heterocycles. The molecule has 0 aromatic carbocycles. The van der Waals surface area contributed by atoms with Crippen LogP contribution >= 0.6 is 11.8 Å². The summed E-state index contributed by atoms with van der Waals surface area (Å²) in [7, 11) is 0. The first-order chi connectivity index (χ1) is 5.84. The molecule has 0 heterocycles. The van der Waals surface area contributed by atoms with Crippen molar-refractivity contribution in [1.82, 2.24) is 0 Å². The predicted octanol–water partition coefficient (Wildman–Crippen LogP) is 2.68. The second-order valence-corrected chi connectivity index (χ2v) is 5.18. The summed E-state index contributed by atoms with van der Waals surface area (Å²) in [6.45, 7) is 2.65. The highest BCUT2D eigenvalue weighted by molar-refractivity contribution is 7.99. The summed E-state index contributed by atoms with van der Waals surface area (Å²) >= 11 is 1.93. The van der Waals surface area contributed by atoms with Crippen LogP contribution in [0, 0.1) is 5.92 Å². The monoisotopic (exact) mass is 188 g/mol. The van der Waals surface area contributed by atoms with Crippen LogP contribution in [0.15, 0.2) is 0 Å². The molecule has 0 aromatic rings. The summed E-state index contributed by atoms with van der Waals surface area (Å²) in [5.74, 6) is 1.84. The van der Waals surface area contributed by atoms with Crippen LogP contribution in [0.5, 0.6) is 0 Å². The van der Waals surface area contributed by atoms with Crippen molar-refractivity contribution in [2.24, 2.45) is 5.92 Å². The molecule has 1 N–H and O–H groups in total. The van der Waals surface area contributed by atoms with Crippen LogP contribution in [-0.4, -0.2) is 22.7 Å². The van der Waals surface area contributed by atoms with Crippen molar-refractivity contribution in [3.8, 4) is 0 Å². The van der Waals surface area contributed by atoms with Crippen LogP contribution in [-0.2, 0) is 0 Å². The van der Waals surface area contributed by atoms with E-state index in [0.29, 0.717) is 6.61 Å². The molecular formula is C10H20OS. The molecule has 0 radical (unpaired) electrons. The maximum atomic E-state index is 8.69. The molecule has 1 aliphatic carbocycles. The van der Waals surface area contributed by atoms with Crippen molar-refractivity contribution in [3.63, 3.8) is 0 Å². The van der Waals surface area contributed by atoms with Gasteiger partial charge in [0.15, 0.2) is 0 Å². The van der Waals surface area contributed by atoms with E-state index < -0.39 is 0 Å². The summed E-state index contributed by atoms with van der Waals surface area (Å²) in [6.07, 6.45) is 7.12. The fourth-order valence-electron chi connectivity index (χ4n) is 1.98. The number of aliphatic hydroxyl groups is 1. The van der Waals surface area contributed by atoms with E-state index in [1.165, 1.54) is 32.1 Å². The highest BCUT2D eigenvalue weighted by Crippen LogP contribution is 2.31. The number of rotatable bonds is 4. The number of hydrogen-bond acceptors (Lipinski definition) is 2. The van der Waals surface area contributed by atoms with Crippen molar-refractivity contribution in [1.29, 1.82) is 0 Å². The Kier molecular flexibility index (Phi) is 5.08. The van der Waals surface area contributed by atoms with Crippen molar-refractivity contribution >= 4 is 11.8 Å². The Morgan fingerprint density at radius 1 is 1.33 bits per heavy atom. The quantitative estimate of drug-likeness (QED) is 0.732. The van der Waals surface area contributed by atoms with E-state index in [4.69, 9.17) is 5.11 Å². The zero-order valence-corrected chi connectivity index (χ0v) is 8.78. The Bertz CT molecular complexity index is 110. The molecule has 2 heteroatoms. The van der Waals surface area contributed by atoms with Gasteiger partial charge >= 0.3 is 0 Å². The van der Waals surface area contributed by atoms with Crippen molar-refractivity contribution < 1.29 is 5.11 Å². The summed E-state index contributed by atoms with van der Waals surface area (Å²) in [5, 5.41) is 9.45. The molecule has 0 aliphatic heterocycles. The Labute approximate surface area is 79.9 Å². The van der Waals surface area contributed by atoms with E-state index in [1.54, 1.807) is 0 Å². The molecule has 1 atom stereocenters. The fraction of sp³-hybridized carbons (Fsp3) is 1.00. The largest absolute Gasteiger partial charge is 0.396 e. The lowest BCUT2D eigenvalue weighted by molar-refractivity contribution is 0.321. The molecule has 1 aliphatic rings. The van der Waals surface area contributed by atoms with Crippen molar-refractivity contribution in [2.75, 3.05) is 12.4 Å². The molecule has 1 unspecified atom stereocenters. The van der Waals surface area contributed by atoms with Crippen LogP contribution in [0.2, 0.25) is 0 Å². The molecule has 0 spiro atoms. The molecule has 1 nitrogen and oxygen atoms in total. The van der Waals surface area contributed by atoms with Gasteiger partial charge in [-0.2, -0.15) is 11.8 Å². The van der Waals surface area contributed by atoms with Crippen LogP contribution in [0.25, 0.3) is 0 Å². The summed E-state index contributed by atoms with van der Waals surface area (Å²) in [4.78, 5) is 0. The molecule has 72 valence electrons. The molecule has 0 bridgehead atoms. The first kappa shape index (κ1) is 10.4. The molecule has 1 saturated carbocycles. The van der Waals surface area contributed by atoms with E-state index in [9.17, 15) is 0 Å². The maximum Gasteiger partial charge on any atom is 0.0521 e.